The van der Waals surface area contributed by atoms with Crippen molar-refractivity contribution in [2.75, 3.05) is 5.88 Å². The monoisotopic (exact) mass is 259 g/mol. The number of amidine groups is 1. The van der Waals surface area contributed by atoms with E-state index in [9.17, 15) is 0 Å². The molecular weight excluding hydrogens is 246 g/mol. The molecule has 0 radical (unpaired) electrons. The number of aryl methyl sites for hydroxylation is 1. The highest BCUT2D eigenvalue weighted by Crippen LogP contribution is 2.21. The Morgan fingerprint density at radius 3 is 2.61 bits per heavy atom. The van der Waals surface area contributed by atoms with Crippen LogP contribution in [0.5, 0.6) is 0 Å². The molecule has 0 saturated heterocycles. The van der Waals surface area contributed by atoms with Crippen molar-refractivity contribution in [3.63, 3.8) is 0 Å². The Morgan fingerprint density at radius 1 is 1.28 bits per heavy atom. The number of aliphatic imine (C=N–C) groups is 1. The number of aromatic nitrogens is 1. The first-order valence-corrected chi connectivity index (χ1v) is 6.14. The Hall–Kier alpha value is -1.87. The van der Waals surface area contributed by atoms with Crippen molar-refractivity contribution in [2.24, 2.45) is 10.7 Å². The van der Waals surface area contributed by atoms with Crippen molar-refractivity contribution in [3.8, 4) is 11.3 Å². The summed E-state index contributed by atoms with van der Waals surface area (Å²) in [6.07, 6.45) is 1.81. The molecule has 0 atom stereocenters. The third kappa shape index (κ3) is 3.08. The summed E-state index contributed by atoms with van der Waals surface area (Å²) in [5.74, 6) is 0.652. The van der Waals surface area contributed by atoms with Gasteiger partial charge in [0.2, 0.25) is 0 Å². The van der Waals surface area contributed by atoms with Gasteiger partial charge in [-0.25, -0.2) is 4.99 Å². The smallest absolute Gasteiger partial charge is 0.115 e. The van der Waals surface area contributed by atoms with E-state index in [1.165, 1.54) is 5.56 Å². The summed E-state index contributed by atoms with van der Waals surface area (Å²) in [7, 11) is 0. The highest BCUT2D eigenvalue weighted by atomic mass is 35.5. The summed E-state index contributed by atoms with van der Waals surface area (Å²) in [6.45, 7) is 2.05. The van der Waals surface area contributed by atoms with Crippen LogP contribution in [0.15, 0.2) is 47.6 Å². The first-order valence-electron chi connectivity index (χ1n) is 5.61. The zero-order valence-electron chi connectivity index (χ0n) is 10.1. The van der Waals surface area contributed by atoms with Gasteiger partial charge in [-0.1, -0.05) is 12.1 Å². The molecule has 0 fully saturated rings. The Morgan fingerprint density at radius 2 is 2.00 bits per heavy atom. The lowest BCUT2D eigenvalue weighted by Gasteiger charge is -2.02. The summed E-state index contributed by atoms with van der Waals surface area (Å²) < 4.78 is 0. The number of pyridine rings is 1. The van der Waals surface area contributed by atoms with E-state index >= 15 is 0 Å². The second-order valence-corrected chi connectivity index (χ2v) is 4.27. The van der Waals surface area contributed by atoms with Gasteiger partial charge < -0.3 is 5.73 Å². The zero-order valence-corrected chi connectivity index (χ0v) is 10.9. The minimum atomic E-state index is 0.237. The van der Waals surface area contributed by atoms with E-state index in [2.05, 4.69) is 9.98 Å². The third-order valence-corrected chi connectivity index (χ3v) is 2.76. The van der Waals surface area contributed by atoms with E-state index < -0.39 is 0 Å². The second kappa shape index (κ2) is 5.65. The molecular formula is C14H14ClN3. The van der Waals surface area contributed by atoms with Crippen molar-refractivity contribution < 1.29 is 0 Å². The maximum atomic E-state index is 5.58. The minimum absolute atomic E-state index is 0.237. The van der Waals surface area contributed by atoms with Gasteiger partial charge in [0.1, 0.15) is 5.84 Å². The Bertz CT molecular complexity index is 562. The quantitative estimate of drug-likeness (QED) is 0.522. The van der Waals surface area contributed by atoms with Crippen LogP contribution in [-0.2, 0) is 0 Å². The molecule has 0 amide bonds. The van der Waals surface area contributed by atoms with E-state index in [1.54, 1.807) is 0 Å². The maximum absolute atomic E-state index is 5.58. The average Bonchev–Trinajstić information content (AvgIpc) is 2.39. The molecule has 1 aromatic carbocycles. The number of hydrogen-bond acceptors (Lipinski definition) is 2. The van der Waals surface area contributed by atoms with E-state index in [0.29, 0.717) is 5.84 Å². The summed E-state index contributed by atoms with van der Waals surface area (Å²) >= 11 is 5.58. The van der Waals surface area contributed by atoms with Crippen LogP contribution in [0.4, 0.5) is 5.69 Å². The van der Waals surface area contributed by atoms with Crippen molar-refractivity contribution >= 4 is 23.1 Å². The van der Waals surface area contributed by atoms with Crippen LogP contribution >= 0.6 is 11.6 Å². The number of rotatable bonds is 3. The van der Waals surface area contributed by atoms with Gasteiger partial charge in [0.25, 0.3) is 0 Å². The first kappa shape index (κ1) is 12.6. The fourth-order valence-corrected chi connectivity index (χ4v) is 1.66. The molecule has 1 aromatic heterocycles. The molecule has 3 nitrogen and oxygen atoms in total. The van der Waals surface area contributed by atoms with E-state index in [1.807, 2.05) is 49.5 Å². The molecule has 0 spiro atoms. The van der Waals surface area contributed by atoms with Gasteiger partial charge >= 0.3 is 0 Å². The maximum Gasteiger partial charge on any atom is 0.115 e. The number of hydrogen-bond donors (Lipinski definition) is 1. The molecule has 4 heteroatoms. The number of nitrogens with zero attached hydrogens (tertiary/aromatic N) is 2. The van der Waals surface area contributed by atoms with Crippen LogP contribution in [0.25, 0.3) is 11.3 Å². The van der Waals surface area contributed by atoms with E-state index in [-0.39, 0.29) is 5.88 Å². The van der Waals surface area contributed by atoms with Gasteiger partial charge in [-0.2, -0.15) is 0 Å². The molecule has 0 aliphatic carbocycles. The number of alkyl halides is 1. The second-order valence-electron chi connectivity index (χ2n) is 4.00. The molecule has 1 heterocycles. The molecule has 0 saturated carbocycles. The summed E-state index contributed by atoms with van der Waals surface area (Å²) in [6, 6.07) is 11.8. The minimum Gasteiger partial charge on any atom is -0.386 e. The normalized spacial score (nSPS) is 11.6. The van der Waals surface area contributed by atoms with Gasteiger partial charge in [-0.15, -0.1) is 11.6 Å². The molecule has 2 aromatic rings. The highest BCUT2D eigenvalue weighted by Gasteiger charge is 1.99. The van der Waals surface area contributed by atoms with Crippen molar-refractivity contribution in [1.29, 1.82) is 0 Å². The molecule has 0 aliphatic rings. The Labute approximate surface area is 111 Å². The fraction of sp³-hybridized carbons (Fsp3) is 0.143. The van der Waals surface area contributed by atoms with Gasteiger partial charge in [-0.05, 0) is 36.8 Å². The summed E-state index contributed by atoms with van der Waals surface area (Å²) in [5, 5.41) is 0. The Balaban J connectivity index is 2.28. The standard InChI is InChI=1S/C14H14ClN3/c1-10-6-7-17-13(8-10)11-2-4-12(5-3-11)18-14(16)9-15/h2-8H,9H2,1H3,(H2,16,18). The molecule has 2 rings (SSSR count). The van der Waals surface area contributed by atoms with E-state index in [0.717, 1.165) is 16.9 Å². The molecule has 2 N–H and O–H groups in total. The summed E-state index contributed by atoms with van der Waals surface area (Å²) in [5.41, 5.74) is 9.58. The Kier molecular flexibility index (Phi) is 3.95. The van der Waals surface area contributed by atoms with Gasteiger partial charge in [0.05, 0.1) is 17.3 Å². The largest absolute Gasteiger partial charge is 0.386 e. The lowest BCUT2D eigenvalue weighted by molar-refractivity contribution is 1.28. The molecule has 92 valence electrons. The summed E-state index contributed by atoms with van der Waals surface area (Å²) in [4.78, 5) is 8.51. The molecule has 0 bridgehead atoms. The van der Waals surface area contributed by atoms with Gasteiger partial charge in [0.15, 0.2) is 0 Å². The molecule has 0 aliphatic heterocycles. The molecule has 0 unspecified atom stereocenters. The third-order valence-electron chi connectivity index (χ3n) is 2.49. The first-order chi connectivity index (χ1) is 8.69. The average molecular weight is 260 g/mol. The number of benzene rings is 1. The SMILES string of the molecule is Cc1ccnc(-c2ccc(N=C(N)CCl)cc2)c1. The topological polar surface area (TPSA) is 51.3 Å². The van der Waals surface area contributed by atoms with Crippen LogP contribution in [0.3, 0.4) is 0 Å². The van der Waals surface area contributed by atoms with Crippen molar-refractivity contribution in [3.05, 3.63) is 48.2 Å². The van der Waals surface area contributed by atoms with Crippen LogP contribution in [0.1, 0.15) is 5.56 Å². The zero-order chi connectivity index (χ0) is 13.0. The molecule has 18 heavy (non-hydrogen) atoms. The predicted molar refractivity (Wildman–Crippen MR) is 76.4 cm³/mol. The number of halogens is 1. The van der Waals surface area contributed by atoms with Crippen LogP contribution < -0.4 is 5.73 Å². The van der Waals surface area contributed by atoms with Crippen LogP contribution in [-0.4, -0.2) is 16.7 Å². The van der Waals surface area contributed by atoms with Crippen LogP contribution in [0, 0.1) is 6.92 Å². The van der Waals surface area contributed by atoms with Crippen molar-refractivity contribution in [1.82, 2.24) is 4.98 Å². The highest BCUT2D eigenvalue weighted by molar-refractivity contribution is 6.28. The lowest BCUT2D eigenvalue weighted by atomic mass is 10.1. The fourth-order valence-electron chi connectivity index (χ4n) is 1.60. The van der Waals surface area contributed by atoms with Crippen molar-refractivity contribution in [2.45, 2.75) is 6.92 Å². The van der Waals surface area contributed by atoms with Crippen LogP contribution in [0.2, 0.25) is 0 Å². The number of nitrogens with two attached hydrogens (primary N) is 1. The van der Waals surface area contributed by atoms with Gasteiger partial charge in [0, 0.05) is 11.8 Å². The predicted octanol–water partition coefficient (Wildman–Crippen LogP) is 3.28. The van der Waals surface area contributed by atoms with E-state index in [4.69, 9.17) is 17.3 Å². The lowest BCUT2D eigenvalue weighted by Crippen LogP contribution is -2.12. The van der Waals surface area contributed by atoms with Gasteiger partial charge in [-0.3, -0.25) is 4.98 Å².